The predicted molar refractivity (Wildman–Crippen MR) is 90.8 cm³/mol. The summed E-state index contributed by atoms with van der Waals surface area (Å²) in [6.45, 7) is -0.0813. The maximum absolute atomic E-state index is 13.4. The topological polar surface area (TPSA) is 64.6 Å². The van der Waals surface area contributed by atoms with E-state index in [0.717, 1.165) is 5.56 Å². The molecule has 0 aliphatic carbocycles. The molecule has 2 rings (SSSR count). The molecule has 0 radical (unpaired) electrons. The summed E-state index contributed by atoms with van der Waals surface area (Å²) < 4.78 is 23.4. The summed E-state index contributed by atoms with van der Waals surface area (Å²) in [5, 5.41) is 2.59. The highest BCUT2D eigenvalue weighted by Crippen LogP contribution is 2.12. The third kappa shape index (κ3) is 6.25. The minimum absolute atomic E-state index is 0.0759. The van der Waals surface area contributed by atoms with E-state index in [-0.39, 0.29) is 25.4 Å². The number of amides is 1. The second-order valence-electron chi connectivity index (χ2n) is 5.38. The van der Waals surface area contributed by atoms with Gasteiger partial charge in [0, 0.05) is 6.54 Å². The van der Waals surface area contributed by atoms with Crippen molar-refractivity contribution >= 4 is 11.9 Å². The molecule has 0 saturated carbocycles. The SMILES string of the molecule is COc1ccc(CC(=O)OCC(=O)NCCc2ccccc2F)cc1. The average Bonchev–Trinajstić information content (AvgIpc) is 2.62. The highest BCUT2D eigenvalue weighted by atomic mass is 19.1. The molecular formula is C19H20FNO4. The number of hydrogen-bond acceptors (Lipinski definition) is 4. The fourth-order valence-electron chi connectivity index (χ4n) is 2.20. The first-order valence-electron chi connectivity index (χ1n) is 7.87. The van der Waals surface area contributed by atoms with Crippen LogP contribution in [0.25, 0.3) is 0 Å². The van der Waals surface area contributed by atoms with Gasteiger partial charge >= 0.3 is 5.97 Å². The zero-order chi connectivity index (χ0) is 18.1. The van der Waals surface area contributed by atoms with Crippen molar-refractivity contribution in [1.82, 2.24) is 5.32 Å². The molecule has 0 heterocycles. The van der Waals surface area contributed by atoms with Crippen LogP contribution in [0.2, 0.25) is 0 Å². The average molecular weight is 345 g/mol. The summed E-state index contributed by atoms with van der Waals surface area (Å²) in [4.78, 5) is 23.4. The molecule has 0 fully saturated rings. The summed E-state index contributed by atoms with van der Waals surface area (Å²) in [7, 11) is 1.56. The van der Waals surface area contributed by atoms with E-state index in [4.69, 9.17) is 9.47 Å². The van der Waals surface area contributed by atoms with Gasteiger partial charge in [-0.1, -0.05) is 30.3 Å². The van der Waals surface area contributed by atoms with Crippen molar-refractivity contribution in [3.63, 3.8) is 0 Å². The minimum Gasteiger partial charge on any atom is -0.497 e. The van der Waals surface area contributed by atoms with Crippen LogP contribution in [0.5, 0.6) is 5.75 Å². The molecule has 5 nitrogen and oxygen atoms in total. The second kappa shape index (κ2) is 9.42. The molecule has 0 spiro atoms. The van der Waals surface area contributed by atoms with Crippen molar-refractivity contribution in [3.05, 3.63) is 65.5 Å². The van der Waals surface area contributed by atoms with Crippen LogP contribution in [0.4, 0.5) is 4.39 Å². The van der Waals surface area contributed by atoms with Gasteiger partial charge in [-0.3, -0.25) is 9.59 Å². The fourth-order valence-corrected chi connectivity index (χ4v) is 2.20. The summed E-state index contributed by atoms with van der Waals surface area (Å²) >= 11 is 0. The van der Waals surface area contributed by atoms with Crippen molar-refractivity contribution in [1.29, 1.82) is 0 Å². The molecule has 0 aliphatic heterocycles. The molecule has 0 saturated heterocycles. The molecule has 0 atom stereocenters. The van der Waals surface area contributed by atoms with E-state index in [9.17, 15) is 14.0 Å². The van der Waals surface area contributed by atoms with Crippen LogP contribution in [0, 0.1) is 5.82 Å². The van der Waals surface area contributed by atoms with Gasteiger partial charge in [0.05, 0.1) is 13.5 Å². The number of ether oxygens (including phenoxy) is 2. The number of rotatable bonds is 8. The molecule has 0 aliphatic rings. The number of hydrogen-bond donors (Lipinski definition) is 1. The number of halogens is 1. The van der Waals surface area contributed by atoms with Crippen molar-refractivity contribution in [2.45, 2.75) is 12.8 Å². The molecule has 2 aromatic rings. The van der Waals surface area contributed by atoms with Crippen molar-refractivity contribution in [2.75, 3.05) is 20.3 Å². The van der Waals surface area contributed by atoms with Gasteiger partial charge in [0.25, 0.3) is 5.91 Å². The fraction of sp³-hybridized carbons (Fsp3) is 0.263. The van der Waals surface area contributed by atoms with Gasteiger partial charge in [-0.2, -0.15) is 0 Å². The van der Waals surface area contributed by atoms with Crippen LogP contribution in [0.1, 0.15) is 11.1 Å². The Labute approximate surface area is 145 Å². The van der Waals surface area contributed by atoms with Crippen LogP contribution in [0.3, 0.4) is 0 Å². The highest BCUT2D eigenvalue weighted by Gasteiger charge is 2.09. The number of esters is 1. The molecule has 1 amide bonds. The van der Waals surface area contributed by atoms with E-state index in [1.807, 2.05) is 0 Å². The van der Waals surface area contributed by atoms with Crippen LogP contribution in [-0.4, -0.2) is 32.1 Å². The van der Waals surface area contributed by atoms with Gasteiger partial charge in [-0.15, -0.1) is 0 Å². The Morgan fingerprint density at radius 1 is 1.08 bits per heavy atom. The number of carbonyl (C=O) groups excluding carboxylic acids is 2. The van der Waals surface area contributed by atoms with Gasteiger partial charge in [-0.25, -0.2) is 4.39 Å². The zero-order valence-electron chi connectivity index (χ0n) is 14.0. The molecule has 1 N–H and O–H groups in total. The van der Waals surface area contributed by atoms with E-state index in [0.29, 0.717) is 17.7 Å². The Hall–Kier alpha value is -2.89. The van der Waals surface area contributed by atoms with Gasteiger partial charge < -0.3 is 14.8 Å². The molecule has 25 heavy (non-hydrogen) atoms. The molecule has 0 bridgehead atoms. The van der Waals surface area contributed by atoms with E-state index in [1.54, 1.807) is 49.6 Å². The van der Waals surface area contributed by atoms with Gasteiger partial charge in [0.15, 0.2) is 6.61 Å². The second-order valence-corrected chi connectivity index (χ2v) is 5.38. The van der Waals surface area contributed by atoms with E-state index < -0.39 is 11.9 Å². The lowest BCUT2D eigenvalue weighted by Crippen LogP contribution is -2.30. The first kappa shape index (κ1) is 18.4. The molecule has 0 aromatic heterocycles. The van der Waals surface area contributed by atoms with E-state index >= 15 is 0 Å². The monoisotopic (exact) mass is 345 g/mol. The lowest BCUT2D eigenvalue weighted by atomic mass is 10.1. The molecular weight excluding hydrogens is 325 g/mol. The zero-order valence-corrected chi connectivity index (χ0v) is 14.0. The Morgan fingerprint density at radius 3 is 2.48 bits per heavy atom. The number of methoxy groups -OCH3 is 1. The quantitative estimate of drug-likeness (QED) is 0.746. The van der Waals surface area contributed by atoms with Gasteiger partial charge in [0.1, 0.15) is 11.6 Å². The Morgan fingerprint density at radius 2 is 1.80 bits per heavy atom. The Kier molecular flexibility index (Phi) is 6.95. The maximum atomic E-state index is 13.4. The lowest BCUT2D eigenvalue weighted by molar-refractivity contribution is -0.147. The summed E-state index contributed by atoms with van der Waals surface area (Å²) in [5.74, 6) is -0.511. The number of carbonyl (C=O) groups is 2. The van der Waals surface area contributed by atoms with E-state index in [1.165, 1.54) is 6.07 Å². The molecule has 0 unspecified atom stereocenters. The maximum Gasteiger partial charge on any atom is 0.310 e. The lowest BCUT2D eigenvalue weighted by Gasteiger charge is -2.07. The van der Waals surface area contributed by atoms with Crippen molar-refractivity contribution in [2.24, 2.45) is 0 Å². The summed E-state index contributed by atoms with van der Waals surface area (Å²) in [6, 6.07) is 13.4. The third-order valence-corrected chi connectivity index (χ3v) is 3.55. The molecule has 132 valence electrons. The standard InChI is InChI=1S/C19H20FNO4/c1-24-16-8-6-14(7-9-16)12-19(23)25-13-18(22)21-11-10-15-4-2-3-5-17(15)20/h2-9H,10-13H2,1H3,(H,21,22). The van der Waals surface area contributed by atoms with Gasteiger partial charge in [-0.05, 0) is 35.7 Å². The minimum atomic E-state index is -0.491. The number of nitrogens with one attached hydrogen (secondary N) is 1. The third-order valence-electron chi connectivity index (χ3n) is 3.55. The van der Waals surface area contributed by atoms with Crippen molar-refractivity contribution < 1.29 is 23.5 Å². The highest BCUT2D eigenvalue weighted by molar-refractivity contribution is 5.81. The van der Waals surface area contributed by atoms with E-state index in [2.05, 4.69) is 5.32 Å². The van der Waals surface area contributed by atoms with Crippen LogP contribution in [-0.2, 0) is 27.2 Å². The Bertz CT molecular complexity index is 716. The number of benzene rings is 2. The summed E-state index contributed by atoms with van der Waals surface area (Å²) in [5.41, 5.74) is 1.30. The largest absolute Gasteiger partial charge is 0.497 e. The van der Waals surface area contributed by atoms with Crippen LogP contribution >= 0.6 is 0 Å². The van der Waals surface area contributed by atoms with Crippen LogP contribution in [0.15, 0.2) is 48.5 Å². The predicted octanol–water partition coefficient (Wildman–Crippen LogP) is 2.28. The first-order chi connectivity index (χ1) is 12.1. The van der Waals surface area contributed by atoms with Crippen LogP contribution < -0.4 is 10.1 Å². The normalized spacial score (nSPS) is 10.2. The Balaban J connectivity index is 1.66. The van der Waals surface area contributed by atoms with Crippen molar-refractivity contribution in [3.8, 4) is 5.75 Å². The molecule has 6 heteroatoms. The van der Waals surface area contributed by atoms with Gasteiger partial charge in [0.2, 0.25) is 0 Å². The molecule has 2 aromatic carbocycles. The first-order valence-corrected chi connectivity index (χ1v) is 7.87. The smallest absolute Gasteiger partial charge is 0.310 e. The summed E-state index contributed by atoms with van der Waals surface area (Å²) in [6.07, 6.45) is 0.449.